The first-order chi connectivity index (χ1) is 9.88. The zero-order chi connectivity index (χ0) is 15.6. The molecule has 2 aromatic rings. The van der Waals surface area contributed by atoms with Crippen molar-refractivity contribution in [3.05, 3.63) is 57.6 Å². The molecule has 0 aliphatic heterocycles. The number of carbonyl (C=O) groups excluding carboxylic acids is 1. The Labute approximate surface area is 120 Å². The molecule has 0 fully saturated rings. The number of ether oxygens (including phenoxy) is 1. The lowest BCUT2D eigenvalue weighted by Gasteiger charge is -2.10. The maximum absolute atomic E-state index is 11.2. The predicted molar refractivity (Wildman–Crippen MR) is 77.3 cm³/mol. The normalized spacial score (nSPS) is 10.1. The van der Waals surface area contributed by atoms with Crippen molar-refractivity contribution in [1.82, 2.24) is 0 Å². The van der Waals surface area contributed by atoms with Gasteiger partial charge >= 0.3 is 5.69 Å². The predicted octanol–water partition coefficient (Wildman–Crippen LogP) is 2.38. The molecule has 7 heteroatoms. The minimum absolute atomic E-state index is 0.0517. The van der Waals surface area contributed by atoms with Crippen LogP contribution in [0.25, 0.3) is 0 Å². The second-order valence-electron chi connectivity index (χ2n) is 4.43. The van der Waals surface area contributed by atoms with Crippen LogP contribution in [0.2, 0.25) is 0 Å². The van der Waals surface area contributed by atoms with Crippen molar-refractivity contribution in [2.24, 2.45) is 5.73 Å². The standard InChI is InChI=1S/C14H13N3O4/c1-8-6-10(15)3-5-12(8)21-13-7-9(14(16)18)2-4-11(13)17(19)20/h2-7H,15H2,1H3,(H2,16,18). The Bertz CT molecular complexity index is 728. The SMILES string of the molecule is Cc1cc(N)ccc1Oc1cc(C(N)=O)ccc1[N+](=O)[O-]. The van der Waals surface area contributed by atoms with Crippen LogP contribution in [0.4, 0.5) is 11.4 Å². The molecule has 0 spiro atoms. The van der Waals surface area contributed by atoms with Crippen LogP contribution in [0.5, 0.6) is 11.5 Å². The second kappa shape index (κ2) is 5.49. The quantitative estimate of drug-likeness (QED) is 0.508. The van der Waals surface area contributed by atoms with Crippen LogP contribution in [0.15, 0.2) is 36.4 Å². The van der Waals surface area contributed by atoms with Gasteiger partial charge in [-0.1, -0.05) is 0 Å². The van der Waals surface area contributed by atoms with Gasteiger partial charge in [0.15, 0.2) is 0 Å². The number of amides is 1. The van der Waals surface area contributed by atoms with Crippen LogP contribution in [-0.2, 0) is 0 Å². The zero-order valence-corrected chi connectivity index (χ0v) is 11.2. The van der Waals surface area contributed by atoms with Crippen LogP contribution < -0.4 is 16.2 Å². The monoisotopic (exact) mass is 287 g/mol. The fourth-order valence-corrected chi connectivity index (χ4v) is 1.81. The molecule has 4 N–H and O–H groups in total. The van der Waals surface area contributed by atoms with Gasteiger partial charge in [-0.15, -0.1) is 0 Å². The van der Waals surface area contributed by atoms with E-state index in [1.165, 1.54) is 18.2 Å². The smallest absolute Gasteiger partial charge is 0.311 e. The van der Waals surface area contributed by atoms with E-state index in [-0.39, 0.29) is 17.0 Å². The van der Waals surface area contributed by atoms with Crippen molar-refractivity contribution in [1.29, 1.82) is 0 Å². The lowest BCUT2D eigenvalue weighted by Crippen LogP contribution is -2.11. The van der Waals surface area contributed by atoms with Crippen molar-refractivity contribution in [2.75, 3.05) is 5.73 Å². The van der Waals surface area contributed by atoms with E-state index in [4.69, 9.17) is 16.2 Å². The molecule has 0 aliphatic carbocycles. The van der Waals surface area contributed by atoms with Crippen LogP contribution in [0, 0.1) is 17.0 Å². The Morgan fingerprint density at radius 2 is 1.90 bits per heavy atom. The number of nitro benzene ring substituents is 1. The van der Waals surface area contributed by atoms with Crippen molar-refractivity contribution in [2.45, 2.75) is 6.92 Å². The fourth-order valence-electron chi connectivity index (χ4n) is 1.81. The molecule has 0 atom stereocenters. The summed E-state index contributed by atoms with van der Waals surface area (Å²) in [5.74, 6) is -0.332. The molecule has 108 valence electrons. The van der Waals surface area contributed by atoms with Gasteiger partial charge in [0.05, 0.1) is 4.92 Å². The lowest BCUT2D eigenvalue weighted by atomic mass is 10.1. The molecule has 0 radical (unpaired) electrons. The van der Waals surface area contributed by atoms with Crippen LogP contribution in [0.1, 0.15) is 15.9 Å². The summed E-state index contributed by atoms with van der Waals surface area (Å²) in [5, 5.41) is 11.0. The van der Waals surface area contributed by atoms with Gasteiger partial charge in [0.1, 0.15) is 5.75 Å². The van der Waals surface area contributed by atoms with Crippen LogP contribution >= 0.6 is 0 Å². The number of nitrogen functional groups attached to an aromatic ring is 1. The Balaban J connectivity index is 2.48. The van der Waals surface area contributed by atoms with Crippen molar-refractivity contribution in [3.8, 4) is 11.5 Å². The summed E-state index contributed by atoms with van der Waals surface area (Å²) in [6, 6.07) is 8.61. The third-order valence-corrected chi connectivity index (χ3v) is 2.86. The van der Waals surface area contributed by atoms with E-state index < -0.39 is 10.8 Å². The van der Waals surface area contributed by atoms with Gasteiger partial charge in [0.2, 0.25) is 11.7 Å². The summed E-state index contributed by atoms with van der Waals surface area (Å²) in [7, 11) is 0. The maximum atomic E-state index is 11.2. The number of rotatable bonds is 4. The molecule has 0 aromatic heterocycles. The number of primary amides is 1. The molecule has 2 aromatic carbocycles. The molecule has 0 saturated heterocycles. The molecule has 21 heavy (non-hydrogen) atoms. The van der Waals surface area contributed by atoms with Gasteiger partial charge in [-0.05, 0) is 36.8 Å². The average Bonchev–Trinajstić information content (AvgIpc) is 2.41. The van der Waals surface area contributed by atoms with Crippen LogP contribution in [-0.4, -0.2) is 10.8 Å². The molecule has 2 rings (SSSR count). The third-order valence-electron chi connectivity index (χ3n) is 2.86. The first-order valence-corrected chi connectivity index (χ1v) is 6.00. The van der Waals surface area contributed by atoms with E-state index in [2.05, 4.69) is 0 Å². The molecule has 0 saturated carbocycles. The number of benzene rings is 2. The molecule has 0 heterocycles. The first kappa shape index (κ1) is 14.3. The van der Waals surface area contributed by atoms with E-state index in [1.807, 2.05) is 0 Å². The number of nitrogens with zero attached hydrogens (tertiary/aromatic N) is 1. The topological polar surface area (TPSA) is 121 Å². The van der Waals surface area contributed by atoms with E-state index in [0.29, 0.717) is 17.0 Å². The Hall–Kier alpha value is -3.09. The highest BCUT2D eigenvalue weighted by Gasteiger charge is 2.18. The molecular formula is C14H13N3O4. The van der Waals surface area contributed by atoms with Gasteiger partial charge < -0.3 is 16.2 Å². The third kappa shape index (κ3) is 3.08. The van der Waals surface area contributed by atoms with Gasteiger partial charge in [-0.3, -0.25) is 14.9 Å². The number of hydrogen-bond donors (Lipinski definition) is 2. The van der Waals surface area contributed by atoms with E-state index in [9.17, 15) is 14.9 Å². The van der Waals surface area contributed by atoms with Crippen molar-refractivity contribution < 1.29 is 14.5 Å². The fraction of sp³-hybridized carbons (Fsp3) is 0.0714. The Morgan fingerprint density at radius 3 is 2.48 bits per heavy atom. The summed E-state index contributed by atoms with van der Waals surface area (Å²) in [4.78, 5) is 21.6. The summed E-state index contributed by atoms with van der Waals surface area (Å²) >= 11 is 0. The second-order valence-corrected chi connectivity index (χ2v) is 4.43. The van der Waals surface area contributed by atoms with Gasteiger partial charge in [-0.2, -0.15) is 0 Å². The van der Waals surface area contributed by atoms with Crippen molar-refractivity contribution in [3.63, 3.8) is 0 Å². The summed E-state index contributed by atoms with van der Waals surface area (Å²) in [5.41, 5.74) is 12.0. The molecule has 0 bridgehead atoms. The van der Waals surface area contributed by atoms with E-state index >= 15 is 0 Å². The van der Waals surface area contributed by atoms with Gasteiger partial charge in [-0.25, -0.2) is 0 Å². The largest absolute Gasteiger partial charge is 0.450 e. The Kier molecular flexibility index (Phi) is 3.75. The van der Waals surface area contributed by atoms with Gasteiger partial charge in [0, 0.05) is 23.4 Å². The van der Waals surface area contributed by atoms with E-state index in [1.54, 1.807) is 25.1 Å². The van der Waals surface area contributed by atoms with Crippen molar-refractivity contribution >= 4 is 17.3 Å². The van der Waals surface area contributed by atoms with Gasteiger partial charge in [0.25, 0.3) is 0 Å². The average molecular weight is 287 g/mol. The highest BCUT2D eigenvalue weighted by Crippen LogP contribution is 2.34. The first-order valence-electron chi connectivity index (χ1n) is 6.00. The minimum Gasteiger partial charge on any atom is -0.450 e. The summed E-state index contributed by atoms with van der Waals surface area (Å²) in [6.07, 6.45) is 0. The molecule has 0 unspecified atom stereocenters. The highest BCUT2D eigenvalue weighted by molar-refractivity contribution is 5.93. The Morgan fingerprint density at radius 1 is 1.19 bits per heavy atom. The molecule has 1 amide bonds. The summed E-state index contributed by atoms with van der Waals surface area (Å²) < 4.78 is 5.54. The van der Waals surface area contributed by atoms with Crippen LogP contribution in [0.3, 0.4) is 0 Å². The zero-order valence-electron chi connectivity index (χ0n) is 11.2. The maximum Gasteiger partial charge on any atom is 0.311 e. The van der Waals surface area contributed by atoms with E-state index in [0.717, 1.165) is 0 Å². The minimum atomic E-state index is -0.691. The highest BCUT2D eigenvalue weighted by atomic mass is 16.6. The number of nitro groups is 1. The lowest BCUT2D eigenvalue weighted by molar-refractivity contribution is -0.385. The summed E-state index contributed by atoms with van der Waals surface area (Å²) in [6.45, 7) is 1.76. The molecule has 7 nitrogen and oxygen atoms in total. The number of hydrogen-bond acceptors (Lipinski definition) is 5. The number of carbonyl (C=O) groups is 1. The number of aryl methyl sites for hydroxylation is 1. The number of nitrogens with two attached hydrogens (primary N) is 2. The number of anilines is 1. The molecular weight excluding hydrogens is 274 g/mol. The molecule has 0 aliphatic rings.